The number of alkyl halides is 3. The first-order chi connectivity index (χ1) is 10.8. The first-order valence-corrected chi connectivity index (χ1v) is 6.93. The quantitative estimate of drug-likeness (QED) is 0.869. The first kappa shape index (κ1) is 16.7. The lowest BCUT2D eigenvalue weighted by Gasteiger charge is -2.08. The third-order valence-corrected chi connectivity index (χ3v) is 3.47. The summed E-state index contributed by atoms with van der Waals surface area (Å²) >= 11 is 0.898. The van der Waals surface area contributed by atoms with Crippen LogP contribution in [-0.2, 0) is 11.0 Å². The van der Waals surface area contributed by atoms with Gasteiger partial charge >= 0.3 is 6.18 Å². The summed E-state index contributed by atoms with van der Waals surface area (Å²) in [6, 6.07) is 3.94. The third kappa shape index (κ3) is 4.68. The van der Waals surface area contributed by atoms with Crippen molar-refractivity contribution in [2.45, 2.75) is 6.18 Å². The molecule has 1 aromatic heterocycles. The molecule has 0 aliphatic rings. The van der Waals surface area contributed by atoms with Crippen molar-refractivity contribution < 1.29 is 27.5 Å². The highest BCUT2D eigenvalue weighted by Gasteiger charge is 2.30. The van der Waals surface area contributed by atoms with Gasteiger partial charge in [-0.05, 0) is 24.3 Å². The second-order valence-corrected chi connectivity index (χ2v) is 5.28. The Labute approximate surface area is 132 Å². The van der Waals surface area contributed by atoms with Crippen molar-refractivity contribution >= 4 is 28.3 Å². The van der Waals surface area contributed by atoms with Crippen LogP contribution in [-0.4, -0.2) is 23.4 Å². The lowest BCUT2D eigenvalue weighted by atomic mass is 10.2. The van der Waals surface area contributed by atoms with Crippen molar-refractivity contribution in [1.29, 1.82) is 0 Å². The van der Waals surface area contributed by atoms with Gasteiger partial charge in [-0.1, -0.05) is 11.3 Å². The highest BCUT2D eigenvalue weighted by atomic mass is 32.1. The molecule has 0 spiro atoms. The Hall–Kier alpha value is -2.62. The number of ether oxygens (including phenoxy) is 1. The predicted molar refractivity (Wildman–Crippen MR) is 76.2 cm³/mol. The predicted octanol–water partition coefficient (Wildman–Crippen LogP) is 2.28. The van der Waals surface area contributed by atoms with Crippen LogP contribution in [0.4, 0.5) is 18.3 Å². The highest BCUT2D eigenvalue weighted by molar-refractivity contribution is 7.17. The zero-order valence-electron chi connectivity index (χ0n) is 11.4. The number of rotatable bonds is 5. The molecule has 3 N–H and O–H groups in total. The van der Waals surface area contributed by atoms with Crippen LogP contribution in [0.1, 0.15) is 15.2 Å². The van der Waals surface area contributed by atoms with Gasteiger partial charge in [0.2, 0.25) is 0 Å². The van der Waals surface area contributed by atoms with E-state index in [9.17, 15) is 22.8 Å². The summed E-state index contributed by atoms with van der Waals surface area (Å²) in [5.74, 6) is -1.12. The molecule has 10 heteroatoms. The molecule has 23 heavy (non-hydrogen) atoms. The number of hydrogen-bond acceptors (Lipinski definition) is 5. The Morgan fingerprint density at radius 3 is 2.43 bits per heavy atom. The number of nitrogens with two attached hydrogens (primary N) is 1. The second kappa shape index (κ2) is 6.65. The van der Waals surface area contributed by atoms with Crippen LogP contribution < -0.4 is 15.8 Å². The highest BCUT2D eigenvalue weighted by Crippen LogP contribution is 2.30. The maximum atomic E-state index is 12.4. The van der Waals surface area contributed by atoms with Gasteiger partial charge in [0.1, 0.15) is 10.6 Å². The van der Waals surface area contributed by atoms with E-state index in [1.165, 1.54) is 6.20 Å². The van der Waals surface area contributed by atoms with Crippen LogP contribution in [0.3, 0.4) is 0 Å². The number of anilines is 1. The summed E-state index contributed by atoms with van der Waals surface area (Å²) in [7, 11) is 0. The monoisotopic (exact) mass is 345 g/mol. The van der Waals surface area contributed by atoms with E-state index in [1.54, 1.807) is 0 Å². The van der Waals surface area contributed by atoms with E-state index in [1.807, 2.05) is 0 Å². The van der Waals surface area contributed by atoms with Crippen LogP contribution in [0.15, 0.2) is 30.5 Å². The molecule has 0 unspecified atom stereocenters. The first-order valence-electron chi connectivity index (χ1n) is 6.11. The Morgan fingerprint density at radius 1 is 1.26 bits per heavy atom. The molecule has 0 atom stereocenters. The smallest absolute Gasteiger partial charge is 0.416 e. The van der Waals surface area contributed by atoms with Crippen LogP contribution in [0.5, 0.6) is 5.75 Å². The fraction of sp³-hybridized carbons (Fsp3) is 0.154. The Balaban J connectivity index is 1.87. The fourth-order valence-electron chi connectivity index (χ4n) is 1.49. The number of thiazole rings is 1. The fourth-order valence-corrected chi connectivity index (χ4v) is 2.17. The summed E-state index contributed by atoms with van der Waals surface area (Å²) in [6.45, 7) is -0.420. The van der Waals surface area contributed by atoms with Crippen molar-refractivity contribution in [2.75, 3.05) is 11.9 Å². The average molecular weight is 345 g/mol. The van der Waals surface area contributed by atoms with E-state index in [-0.39, 0.29) is 15.8 Å². The maximum Gasteiger partial charge on any atom is 0.416 e. The normalized spacial score (nSPS) is 11.1. The number of carbonyl (C=O) groups excluding carboxylic acids is 2. The number of primary amides is 1. The van der Waals surface area contributed by atoms with Crippen molar-refractivity contribution in [1.82, 2.24) is 4.98 Å². The summed E-state index contributed by atoms with van der Waals surface area (Å²) in [4.78, 5) is 26.5. The second-order valence-electron chi connectivity index (χ2n) is 4.25. The topological polar surface area (TPSA) is 94.3 Å². The standard InChI is InChI=1S/C13H10F3N3O3S/c14-13(15,16)7-1-3-8(4-2-7)22-6-10(20)19-12-18-5-9(23-12)11(17)21/h1-5H,6H2,(H2,17,21)(H,18,19,20). The lowest BCUT2D eigenvalue weighted by Crippen LogP contribution is -2.20. The minimum Gasteiger partial charge on any atom is -0.484 e. The van der Waals surface area contributed by atoms with Gasteiger partial charge in [0.15, 0.2) is 11.7 Å². The molecule has 6 nitrogen and oxygen atoms in total. The largest absolute Gasteiger partial charge is 0.484 e. The van der Waals surface area contributed by atoms with Gasteiger partial charge in [0, 0.05) is 0 Å². The van der Waals surface area contributed by atoms with Crippen molar-refractivity contribution in [3.05, 3.63) is 40.9 Å². The van der Waals surface area contributed by atoms with Gasteiger partial charge in [-0.2, -0.15) is 13.2 Å². The Kier molecular flexibility index (Phi) is 4.84. The molecule has 1 heterocycles. The molecule has 0 aliphatic heterocycles. The number of halogens is 3. The van der Waals surface area contributed by atoms with E-state index in [0.717, 1.165) is 35.6 Å². The van der Waals surface area contributed by atoms with E-state index in [4.69, 9.17) is 10.5 Å². The van der Waals surface area contributed by atoms with Gasteiger partial charge in [-0.3, -0.25) is 14.9 Å². The zero-order valence-corrected chi connectivity index (χ0v) is 12.2. The molecular formula is C13H10F3N3O3S. The van der Waals surface area contributed by atoms with Crippen molar-refractivity contribution in [3.63, 3.8) is 0 Å². The lowest BCUT2D eigenvalue weighted by molar-refractivity contribution is -0.137. The van der Waals surface area contributed by atoms with Gasteiger partial charge < -0.3 is 10.5 Å². The van der Waals surface area contributed by atoms with Crippen molar-refractivity contribution in [2.24, 2.45) is 5.73 Å². The van der Waals surface area contributed by atoms with Gasteiger partial charge in [-0.15, -0.1) is 0 Å². The number of benzene rings is 1. The van der Waals surface area contributed by atoms with Crippen LogP contribution >= 0.6 is 11.3 Å². The Bertz CT molecular complexity index is 713. The van der Waals surface area contributed by atoms with Crippen molar-refractivity contribution in [3.8, 4) is 5.75 Å². The summed E-state index contributed by atoms with van der Waals surface area (Å²) in [5.41, 5.74) is 4.24. The maximum absolute atomic E-state index is 12.4. The number of carbonyl (C=O) groups is 2. The average Bonchev–Trinajstić information content (AvgIpc) is 2.93. The third-order valence-electron chi connectivity index (χ3n) is 2.55. The molecule has 2 rings (SSSR count). The molecular weight excluding hydrogens is 335 g/mol. The van der Waals surface area contributed by atoms with Gasteiger partial charge in [0.25, 0.3) is 11.8 Å². The number of aromatic nitrogens is 1. The van der Waals surface area contributed by atoms with Crippen LogP contribution in [0.2, 0.25) is 0 Å². The zero-order chi connectivity index (χ0) is 17.0. The summed E-state index contributed by atoms with van der Waals surface area (Å²) < 4.78 is 42.2. The van der Waals surface area contributed by atoms with Gasteiger partial charge in [0.05, 0.1) is 11.8 Å². The van der Waals surface area contributed by atoms with E-state index < -0.39 is 30.2 Å². The Morgan fingerprint density at radius 2 is 1.91 bits per heavy atom. The SMILES string of the molecule is NC(=O)c1cnc(NC(=O)COc2ccc(C(F)(F)F)cc2)s1. The van der Waals surface area contributed by atoms with Crippen LogP contribution in [0, 0.1) is 0 Å². The number of nitrogens with zero attached hydrogens (tertiary/aromatic N) is 1. The molecule has 2 aromatic rings. The van der Waals surface area contributed by atoms with E-state index >= 15 is 0 Å². The molecule has 2 amide bonds. The molecule has 122 valence electrons. The number of hydrogen-bond donors (Lipinski definition) is 2. The minimum absolute atomic E-state index is 0.116. The van der Waals surface area contributed by atoms with Gasteiger partial charge in [-0.25, -0.2) is 4.98 Å². The molecule has 0 fully saturated rings. The molecule has 0 saturated carbocycles. The molecule has 0 saturated heterocycles. The number of amides is 2. The van der Waals surface area contributed by atoms with E-state index in [2.05, 4.69) is 10.3 Å². The minimum atomic E-state index is -4.43. The summed E-state index contributed by atoms with van der Waals surface area (Å²) in [5, 5.41) is 2.55. The molecule has 1 aromatic carbocycles. The molecule has 0 bridgehead atoms. The molecule has 0 radical (unpaired) electrons. The van der Waals surface area contributed by atoms with Crippen LogP contribution in [0.25, 0.3) is 0 Å². The number of nitrogens with one attached hydrogen (secondary N) is 1. The molecule has 0 aliphatic carbocycles. The van der Waals surface area contributed by atoms with E-state index in [0.29, 0.717) is 0 Å². The summed E-state index contributed by atoms with van der Waals surface area (Å²) in [6.07, 6.45) is -3.21.